The van der Waals surface area contributed by atoms with Crippen molar-refractivity contribution in [3.63, 3.8) is 0 Å². The zero-order valence-corrected chi connectivity index (χ0v) is 8.83. The summed E-state index contributed by atoms with van der Waals surface area (Å²) in [4.78, 5) is 11.0. The number of rotatable bonds is 3. The molecule has 2 aromatic rings. The van der Waals surface area contributed by atoms with Crippen LogP contribution in [0.3, 0.4) is 0 Å². The van der Waals surface area contributed by atoms with E-state index in [1.165, 1.54) is 12.3 Å². The highest BCUT2D eigenvalue weighted by Gasteiger charge is 2.13. The van der Waals surface area contributed by atoms with Crippen LogP contribution in [0.15, 0.2) is 48.8 Å². The molecular weight excluding hydrogens is 220 g/mol. The molecule has 2 rings (SSSR count). The van der Waals surface area contributed by atoms with Crippen molar-refractivity contribution in [1.82, 2.24) is 0 Å². The lowest BCUT2D eigenvalue weighted by Crippen LogP contribution is -2.26. The van der Waals surface area contributed by atoms with Crippen molar-refractivity contribution in [3.8, 4) is 0 Å². The number of hydrogen-bond donors (Lipinski definition) is 2. The molecule has 17 heavy (non-hydrogen) atoms. The molecule has 1 aromatic carbocycles. The molecule has 2 N–H and O–H groups in total. The number of anilines is 2. The number of aromatic carboxylic acids is 1. The van der Waals surface area contributed by atoms with Gasteiger partial charge in [-0.15, -0.1) is 0 Å². The third-order valence-electron chi connectivity index (χ3n) is 2.22. The van der Waals surface area contributed by atoms with E-state index in [0.717, 1.165) is 11.9 Å². The molecule has 0 aliphatic heterocycles. The highest BCUT2D eigenvalue weighted by molar-refractivity contribution is 5.94. The van der Waals surface area contributed by atoms with Crippen LogP contribution in [-0.4, -0.2) is 11.1 Å². The van der Waals surface area contributed by atoms with Crippen LogP contribution in [0, 0.1) is 5.21 Å². The Morgan fingerprint density at radius 1 is 1.24 bits per heavy atom. The van der Waals surface area contributed by atoms with Crippen LogP contribution in [-0.2, 0) is 0 Å². The van der Waals surface area contributed by atoms with Crippen molar-refractivity contribution >= 4 is 17.3 Å². The van der Waals surface area contributed by atoms with Crippen molar-refractivity contribution in [2.75, 3.05) is 5.32 Å². The Hall–Kier alpha value is -2.56. The minimum absolute atomic E-state index is 0.0564. The van der Waals surface area contributed by atoms with E-state index in [-0.39, 0.29) is 11.3 Å². The molecule has 0 aliphatic carbocycles. The number of nitrogens with zero attached hydrogens (tertiary/aromatic N) is 1. The molecule has 0 saturated heterocycles. The molecular formula is C12H10N2O3. The largest absolute Gasteiger partial charge is 0.619 e. The summed E-state index contributed by atoms with van der Waals surface area (Å²) in [6, 6.07) is 10.3. The highest BCUT2D eigenvalue weighted by Crippen LogP contribution is 2.18. The average molecular weight is 230 g/mol. The molecule has 0 spiro atoms. The normalized spacial score (nSPS) is 9.88. The number of aromatic nitrogens is 1. The Morgan fingerprint density at radius 3 is 2.59 bits per heavy atom. The minimum atomic E-state index is -1.08. The summed E-state index contributed by atoms with van der Waals surface area (Å²) in [5.74, 6) is -1.08. The minimum Gasteiger partial charge on any atom is -0.619 e. The fraction of sp³-hybridized carbons (Fsp3) is 0. The number of benzene rings is 1. The Bertz CT molecular complexity index is 541. The Kier molecular flexibility index (Phi) is 2.91. The van der Waals surface area contributed by atoms with Gasteiger partial charge in [-0.05, 0) is 12.1 Å². The number of para-hydroxylation sites is 1. The number of carboxylic acids is 1. The Balaban J connectivity index is 2.37. The third-order valence-corrected chi connectivity index (χ3v) is 2.22. The predicted molar refractivity (Wildman–Crippen MR) is 62.1 cm³/mol. The van der Waals surface area contributed by atoms with E-state index in [4.69, 9.17) is 5.11 Å². The highest BCUT2D eigenvalue weighted by atomic mass is 16.5. The number of pyridine rings is 1. The zero-order valence-electron chi connectivity index (χ0n) is 8.83. The van der Waals surface area contributed by atoms with Crippen molar-refractivity contribution < 1.29 is 14.6 Å². The summed E-state index contributed by atoms with van der Waals surface area (Å²) < 4.78 is 0.553. The van der Waals surface area contributed by atoms with Crippen LogP contribution < -0.4 is 10.0 Å². The average Bonchev–Trinajstić information content (AvgIpc) is 2.30. The van der Waals surface area contributed by atoms with Crippen molar-refractivity contribution in [2.24, 2.45) is 0 Å². The number of carbonyl (C=O) groups is 1. The molecule has 1 aromatic heterocycles. The van der Waals surface area contributed by atoms with Crippen molar-refractivity contribution in [3.05, 3.63) is 59.6 Å². The standard InChI is InChI=1S/C12H10N2O3/c15-12(16)10-6-7-14(17)8-11(10)13-9-4-2-1-3-5-9/h1-8,13H,(H,15,16). The molecule has 5 nitrogen and oxygen atoms in total. The van der Waals surface area contributed by atoms with Gasteiger partial charge >= 0.3 is 5.97 Å². The van der Waals surface area contributed by atoms with Gasteiger partial charge in [-0.2, -0.15) is 4.73 Å². The Labute approximate surface area is 97.5 Å². The van der Waals surface area contributed by atoms with Gasteiger partial charge in [0.1, 0.15) is 5.69 Å². The van der Waals surface area contributed by atoms with Crippen LogP contribution in [0.4, 0.5) is 11.4 Å². The molecule has 86 valence electrons. The van der Waals surface area contributed by atoms with Gasteiger partial charge in [-0.1, -0.05) is 18.2 Å². The van der Waals surface area contributed by atoms with Gasteiger partial charge in [0.05, 0.1) is 5.56 Å². The van der Waals surface area contributed by atoms with Crippen molar-refractivity contribution in [1.29, 1.82) is 0 Å². The van der Waals surface area contributed by atoms with Crippen LogP contribution in [0.2, 0.25) is 0 Å². The summed E-state index contributed by atoms with van der Waals surface area (Å²) in [5.41, 5.74) is 1.04. The molecule has 0 amide bonds. The van der Waals surface area contributed by atoms with Gasteiger partial charge in [-0.3, -0.25) is 0 Å². The summed E-state index contributed by atoms with van der Waals surface area (Å²) in [6.45, 7) is 0. The number of hydrogen-bond acceptors (Lipinski definition) is 3. The van der Waals surface area contributed by atoms with E-state index in [1.807, 2.05) is 18.2 Å². The smallest absolute Gasteiger partial charge is 0.338 e. The second-order valence-corrected chi connectivity index (χ2v) is 3.43. The first-order chi connectivity index (χ1) is 8.16. The van der Waals surface area contributed by atoms with Crippen molar-refractivity contribution in [2.45, 2.75) is 0 Å². The van der Waals surface area contributed by atoms with E-state index >= 15 is 0 Å². The topological polar surface area (TPSA) is 76.3 Å². The van der Waals surface area contributed by atoms with Crippen LogP contribution in [0.1, 0.15) is 10.4 Å². The first kappa shape index (κ1) is 10.9. The lowest BCUT2D eigenvalue weighted by molar-refractivity contribution is -0.604. The first-order valence-electron chi connectivity index (χ1n) is 4.95. The second kappa shape index (κ2) is 4.52. The summed E-state index contributed by atoms with van der Waals surface area (Å²) in [5, 5.41) is 23.0. The summed E-state index contributed by atoms with van der Waals surface area (Å²) in [6.07, 6.45) is 2.34. The van der Waals surface area contributed by atoms with E-state index in [2.05, 4.69) is 5.32 Å². The maximum absolute atomic E-state index is 11.1. The molecule has 5 heteroatoms. The second-order valence-electron chi connectivity index (χ2n) is 3.43. The number of nitrogens with one attached hydrogen (secondary N) is 1. The SMILES string of the molecule is O=C(O)c1cc[n+]([O-])cc1Nc1ccccc1. The van der Waals surface area contributed by atoms with Gasteiger partial charge in [-0.25, -0.2) is 4.79 Å². The number of carboxylic acid groups (broad SMARTS) is 1. The molecule has 0 fully saturated rings. The van der Waals surface area contributed by atoms with Gasteiger partial charge in [0.15, 0.2) is 6.20 Å². The Morgan fingerprint density at radius 2 is 1.94 bits per heavy atom. The van der Waals surface area contributed by atoms with Crippen LogP contribution >= 0.6 is 0 Å². The zero-order chi connectivity index (χ0) is 12.3. The lowest BCUT2D eigenvalue weighted by atomic mass is 10.2. The van der Waals surface area contributed by atoms with E-state index in [9.17, 15) is 10.0 Å². The van der Waals surface area contributed by atoms with Crippen LogP contribution in [0.25, 0.3) is 0 Å². The van der Waals surface area contributed by atoms with Gasteiger partial charge in [0.25, 0.3) is 0 Å². The third kappa shape index (κ3) is 2.52. The van der Waals surface area contributed by atoms with Gasteiger partial charge in [0.2, 0.25) is 6.20 Å². The summed E-state index contributed by atoms with van der Waals surface area (Å²) >= 11 is 0. The molecule has 0 aliphatic rings. The van der Waals surface area contributed by atoms with Gasteiger partial charge < -0.3 is 15.6 Å². The lowest BCUT2D eigenvalue weighted by Gasteiger charge is -2.08. The fourth-order valence-corrected chi connectivity index (χ4v) is 1.44. The predicted octanol–water partition coefficient (Wildman–Crippen LogP) is 1.76. The molecule has 0 saturated carbocycles. The summed E-state index contributed by atoms with van der Waals surface area (Å²) in [7, 11) is 0. The van der Waals surface area contributed by atoms with E-state index < -0.39 is 5.97 Å². The van der Waals surface area contributed by atoms with E-state index in [1.54, 1.807) is 12.1 Å². The molecule has 1 heterocycles. The molecule has 0 unspecified atom stereocenters. The monoisotopic (exact) mass is 230 g/mol. The molecule has 0 atom stereocenters. The van der Waals surface area contributed by atoms with Crippen LogP contribution in [0.5, 0.6) is 0 Å². The molecule has 0 bridgehead atoms. The maximum Gasteiger partial charge on any atom is 0.338 e. The van der Waals surface area contributed by atoms with E-state index in [0.29, 0.717) is 4.73 Å². The fourth-order valence-electron chi connectivity index (χ4n) is 1.44. The maximum atomic E-state index is 11.1. The molecule has 0 radical (unpaired) electrons. The van der Waals surface area contributed by atoms with Gasteiger partial charge in [0, 0.05) is 11.8 Å². The quantitative estimate of drug-likeness (QED) is 0.622. The first-order valence-corrected chi connectivity index (χ1v) is 4.95.